The third-order valence-corrected chi connectivity index (χ3v) is 6.28. The van der Waals surface area contributed by atoms with E-state index >= 15 is 0 Å². The summed E-state index contributed by atoms with van der Waals surface area (Å²) < 4.78 is 0. The molecule has 0 bridgehead atoms. The van der Waals surface area contributed by atoms with Crippen LogP contribution >= 0.6 is 11.6 Å². The molecule has 1 aromatic carbocycles. The molecule has 0 spiro atoms. The summed E-state index contributed by atoms with van der Waals surface area (Å²) in [4.78, 5) is 21.7. The van der Waals surface area contributed by atoms with Crippen molar-refractivity contribution >= 4 is 24.5 Å². The lowest BCUT2D eigenvalue weighted by molar-refractivity contribution is -0.123. The number of hydrogen-bond donors (Lipinski definition) is 2. The molecule has 0 radical (unpaired) electrons. The monoisotopic (exact) mass is 412 g/mol. The molecule has 0 aliphatic heterocycles. The number of halogens is 1. The highest BCUT2D eigenvalue weighted by Crippen LogP contribution is 2.46. The third kappa shape index (κ3) is 7.08. The minimum Gasteiger partial charge on any atom is -0.483 e. The first kappa shape index (κ1) is 24.4. The Morgan fingerprint density at radius 1 is 1.00 bits per heavy atom. The largest absolute Gasteiger partial charge is 0.483 e. The molecule has 2 fully saturated rings. The lowest BCUT2D eigenvalue weighted by atomic mass is 10.0. The molecule has 0 heterocycles. The van der Waals surface area contributed by atoms with Crippen molar-refractivity contribution in [2.45, 2.75) is 51.2 Å². The van der Waals surface area contributed by atoms with Gasteiger partial charge < -0.3 is 15.1 Å². The van der Waals surface area contributed by atoms with E-state index in [-0.39, 0.29) is 12.9 Å². The quantitative estimate of drug-likeness (QED) is 0.735. The minimum absolute atomic E-state index is 0.250. The number of aryl methyl sites for hydroxylation is 1. The predicted octanol–water partition coefficient (Wildman–Crippen LogP) is 3.60. The van der Waals surface area contributed by atoms with Crippen LogP contribution in [0.4, 0.5) is 0 Å². The van der Waals surface area contributed by atoms with E-state index in [4.69, 9.17) is 31.4 Å². The number of nitrogens with zero attached hydrogens (tertiary/aromatic N) is 2. The Morgan fingerprint density at radius 3 is 1.89 bits per heavy atom. The summed E-state index contributed by atoms with van der Waals surface area (Å²) in [6.07, 6.45) is 5.58. The number of hydrogen-bond acceptors (Lipinski definition) is 4. The molecular weight excluding hydrogens is 380 g/mol. The number of rotatable bonds is 4. The summed E-state index contributed by atoms with van der Waals surface area (Å²) in [5.74, 6) is 1.90. The number of carbonyl (C=O) groups is 2. The fourth-order valence-electron chi connectivity index (χ4n) is 4.57. The lowest BCUT2D eigenvalue weighted by Gasteiger charge is -2.27. The Balaban J connectivity index is 0.000000582. The van der Waals surface area contributed by atoms with E-state index in [1.165, 1.54) is 36.8 Å². The van der Waals surface area contributed by atoms with Crippen molar-refractivity contribution < 1.29 is 19.8 Å². The molecule has 158 valence electrons. The Kier molecular flexibility index (Phi) is 10.5. The number of fused-ring (bicyclic) bond motifs is 1. The van der Waals surface area contributed by atoms with Crippen LogP contribution in [0.25, 0.3) is 0 Å². The van der Waals surface area contributed by atoms with Crippen LogP contribution < -0.4 is 0 Å². The summed E-state index contributed by atoms with van der Waals surface area (Å²) in [7, 11) is 6.76. The molecule has 2 N–H and O–H groups in total. The average Bonchev–Trinajstić information content (AvgIpc) is 3.18. The Morgan fingerprint density at radius 2 is 1.46 bits per heavy atom. The second kappa shape index (κ2) is 12.0. The fourth-order valence-corrected chi connectivity index (χ4v) is 4.80. The normalized spacial score (nSPS) is 25.4. The summed E-state index contributed by atoms with van der Waals surface area (Å²) >= 11 is 6.07. The van der Waals surface area contributed by atoms with Crippen LogP contribution in [0, 0.1) is 18.8 Å². The highest BCUT2D eigenvalue weighted by Gasteiger charge is 2.43. The maximum Gasteiger partial charge on any atom is 0.290 e. The van der Waals surface area contributed by atoms with Gasteiger partial charge in [-0.05, 0) is 88.8 Å². The first-order chi connectivity index (χ1) is 13.3. The molecule has 6 nitrogen and oxygen atoms in total. The average molecular weight is 413 g/mol. The summed E-state index contributed by atoms with van der Waals surface area (Å²) in [5.41, 5.74) is 2.72. The van der Waals surface area contributed by atoms with Gasteiger partial charge in [0.25, 0.3) is 12.9 Å². The van der Waals surface area contributed by atoms with Crippen LogP contribution in [0.1, 0.15) is 36.8 Å². The van der Waals surface area contributed by atoms with Crippen molar-refractivity contribution in [1.82, 2.24) is 9.80 Å². The first-order valence-electron chi connectivity index (χ1n) is 9.54. The maximum atomic E-state index is 8.36. The van der Waals surface area contributed by atoms with E-state index in [0.29, 0.717) is 0 Å². The molecule has 2 saturated carbocycles. The van der Waals surface area contributed by atoms with E-state index in [1.54, 1.807) is 0 Å². The smallest absolute Gasteiger partial charge is 0.290 e. The summed E-state index contributed by atoms with van der Waals surface area (Å²) in [6, 6.07) is 7.86. The highest BCUT2D eigenvalue weighted by atomic mass is 35.5. The molecule has 3 rings (SSSR count). The molecule has 28 heavy (non-hydrogen) atoms. The molecule has 0 aromatic heterocycles. The zero-order valence-electron chi connectivity index (χ0n) is 17.2. The van der Waals surface area contributed by atoms with Gasteiger partial charge in [-0.2, -0.15) is 0 Å². The van der Waals surface area contributed by atoms with Gasteiger partial charge in [0.05, 0.1) is 0 Å². The van der Waals surface area contributed by atoms with Crippen LogP contribution in [0.3, 0.4) is 0 Å². The molecule has 4 atom stereocenters. The van der Waals surface area contributed by atoms with Crippen LogP contribution in [0.15, 0.2) is 18.2 Å². The van der Waals surface area contributed by atoms with Crippen LogP contribution in [-0.2, 0) is 16.1 Å². The van der Waals surface area contributed by atoms with Gasteiger partial charge in [-0.3, -0.25) is 14.5 Å². The second-order valence-corrected chi connectivity index (χ2v) is 8.37. The van der Waals surface area contributed by atoms with Gasteiger partial charge in [0.1, 0.15) is 0 Å². The van der Waals surface area contributed by atoms with Crippen molar-refractivity contribution in [1.29, 1.82) is 0 Å². The summed E-state index contributed by atoms with van der Waals surface area (Å²) in [6.45, 7) is 2.71. The zero-order valence-corrected chi connectivity index (χ0v) is 18.0. The Labute approximate surface area is 173 Å². The van der Waals surface area contributed by atoms with Crippen molar-refractivity contribution in [3.63, 3.8) is 0 Å². The lowest BCUT2D eigenvalue weighted by Crippen LogP contribution is -2.31. The van der Waals surface area contributed by atoms with Crippen LogP contribution in [0.5, 0.6) is 0 Å². The SMILES string of the molecule is Cc1cc(Cl)ccc1CN(C)C1C[C@H]2CC(N(C)C)C[C@H]2C1.O=CO.O=CO. The van der Waals surface area contributed by atoms with E-state index in [1.807, 2.05) is 6.07 Å². The van der Waals surface area contributed by atoms with E-state index in [2.05, 4.69) is 50.0 Å². The molecule has 2 aliphatic rings. The molecule has 0 amide bonds. The molecule has 0 saturated heterocycles. The van der Waals surface area contributed by atoms with Crippen molar-refractivity contribution in [3.8, 4) is 0 Å². The highest BCUT2D eigenvalue weighted by molar-refractivity contribution is 6.30. The topological polar surface area (TPSA) is 81.1 Å². The maximum absolute atomic E-state index is 8.36. The van der Waals surface area contributed by atoms with Gasteiger partial charge in [0.2, 0.25) is 0 Å². The minimum atomic E-state index is -0.250. The van der Waals surface area contributed by atoms with Gasteiger partial charge in [0, 0.05) is 23.7 Å². The molecule has 7 heteroatoms. The number of carboxylic acid groups (broad SMARTS) is 2. The van der Waals surface area contributed by atoms with Crippen LogP contribution in [0.2, 0.25) is 5.02 Å². The molecular formula is C21H33ClN2O4. The van der Waals surface area contributed by atoms with E-state index < -0.39 is 0 Å². The Hall–Kier alpha value is -1.63. The van der Waals surface area contributed by atoms with Gasteiger partial charge in [-0.15, -0.1) is 0 Å². The number of benzene rings is 1. The zero-order chi connectivity index (χ0) is 21.3. The van der Waals surface area contributed by atoms with Gasteiger partial charge in [-0.1, -0.05) is 17.7 Å². The summed E-state index contributed by atoms with van der Waals surface area (Å²) in [5, 5.41) is 14.6. The van der Waals surface area contributed by atoms with Crippen LogP contribution in [-0.4, -0.2) is 66.2 Å². The van der Waals surface area contributed by atoms with Crippen molar-refractivity contribution in [3.05, 3.63) is 34.3 Å². The van der Waals surface area contributed by atoms with Crippen molar-refractivity contribution in [2.75, 3.05) is 21.1 Å². The molecule has 2 aliphatic carbocycles. The molecule has 1 aromatic rings. The predicted molar refractivity (Wildman–Crippen MR) is 112 cm³/mol. The Bertz CT molecular complexity index is 606. The van der Waals surface area contributed by atoms with Gasteiger partial charge in [0.15, 0.2) is 0 Å². The van der Waals surface area contributed by atoms with E-state index in [9.17, 15) is 0 Å². The van der Waals surface area contributed by atoms with Crippen molar-refractivity contribution in [2.24, 2.45) is 11.8 Å². The standard InChI is InChI=1S/C19H29ClN2.2CH2O2/c1-13-7-17(20)6-5-14(13)12-22(4)19-10-15-8-18(21(2)3)9-16(15)11-19;2*2-1-3/h5-7,15-16,18-19H,8-12H2,1-4H3;2*1H,(H,2,3)/t15-,16+,18?,19?;;. The van der Waals surface area contributed by atoms with E-state index in [0.717, 1.165) is 35.5 Å². The second-order valence-electron chi connectivity index (χ2n) is 7.93. The fraction of sp³-hybridized carbons (Fsp3) is 0.619. The molecule has 2 unspecified atom stereocenters. The van der Waals surface area contributed by atoms with Gasteiger partial charge in [-0.25, -0.2) is 0 Å². The third-order valence-electron chi connectivity index (χ3n) is 6.04. The first-order valence-corrected chi connectivity index (χ1v) is 9.92. The van der Waals surface area contributed by atoms with Gasteiger partial charge >= 0.3 is 0 Å².